The van der Waals surface area contributed by atoms with Gasteiger partial charge in [-0.15, -0.1) is 6.42 Å². The molecule has 2 bridgehead atoms. The number of hydrogen-bond donors (Lipinski definition) is 1. The molecule has 7 nitrogen and oxygen atoms in total. The maximum atomic E-state index is 17.1. The first kappa shape index (κ1) is 28.6. The highest BCUT2D eigenvalue weighted by atomic mass is 19.1. The molecule has 0 spiro atoms. The molecule has 0 saturated carbocycles. The molecule has 2 aromatic carbocycles. The number of piperazine rings is 1. The molecule has 6 aliphatic heterocycles. The summed E-state index contributed by atoms with van der Waals surface area (Å²) in [5, 5.41) is 4.85. The van der Waals surface area contributed by atoms with Crippen LogP contribution in [0.3, 0.4) is 0 Å². The van der Waals surface area contributed by atoms with Crippen molar-refractivity contribution in [3.05, 3.63) is 53.1 Å². The lowest BCUT2D eigenvalue weighted by Gasteiger charge is -2.46. The summed E-state index contributed by atoms with van der Waals surface area (Å²) in [5.74, 6) is 1.86. The lowest BCUT2D eigenvalue weighted by molar-refractivity contribution is 0.0365. The molecule has 0 amide bonds. The molecule has 3 aromatic rings. The molecular formula is C36H36F3N5O2. The first-order chi connectivity index (χ1) is 22.3. The molecule has 46 heavy (non-hydrogen) atoms. The second kappa shape index (κ2) is 10.4. The molecule has 238 valence electrons. The number of benzene rings is 2. The van der Waals surface area contributed by atoms with E-state index in [0.29, 0.717) is 65.9 Å². The Morgan fingerprint density at radius 3 is 2.96 bits per heavy atom. The van der Waals surface area contributed by atoms with Crippen LogP contribution < -0.4 is 10.1 Å². The number of fused-ring (bicyclic) bond motifs is 7. The van der Waals surface area contributed by atoms with Crippen LogP contribution in [0.1, 0.15) is 56.2 Å². The van der Waals surface area contributed by atoms with Gasteiger partial charge in [0.25, 0.3) is 0 Å². The number of pyridine rings is 1. The van der Waals surface area contributed by atoms with Crippen molar-refractivity contribution in [1.82, 2.24) is 20.1 Å². The summed E-state index contributed by atoms with van der Waals surface area (Å²) in [7, 11) is 0. The molecule has 0 radical (unpaired) electrons. The second-order valence-electron chi connectivity index (χ2n) is 14.0. The zero-order valence-corrected chi connectivity index (χ0v) is 25.7. The average molecular weight is 628 g/mol. The topological polar surface area (TPSA) is 62.2 Å². The monoisotopic (exact) mass is 627 g/mol. The van der Waals surface area contributed by atoms with E-state index in [0.717, 1.165) is 38.8 Å². The number of aromatic nitrogens is 1. The molecule has 4 saturated heterocycles. The minimum absolute atomic E-state index is 0.00833. The minimum Gasteiger partial charge on any atom is -0.479 e. The van der Waals surface area contributed by atoms with E-state index in [9.17, 15) is 8.78 Å². The largest absolute Gasteiger partial charge is 0.479 e. The number of terminal acetylenes is 1. The van der Waals surface area contributed by atoms with Gasteiger partial charge in [-0.2, -0.15) is 0 Å². The highest BCUT2D eigenvalue weighted by Gasteiger charge is 2.53. The van der Waals surface area contributed by atoms with Gasteiger partial charge in [0.15, 0.2) is 11.7 Å². The van der Waals surface area contributed by atoms with Crippen LogP contribution in [0.4, 0.5) is 18.9 Å². The molecule has 0 aliphatic carbocycles. The number of halogens is 3. The Morgan fingerprint density at radius 1 is 1.20 bits per heavy atom. The highest BCUT2D eigenvalue weighted by Crippen LogP contribution is 2.52. The maximum Gasteiger partial charge on any atom is 0.221 e. The fourth-order valence-electron chi connectivity index (χ4n) is 9.38. The molecule has 7 heterocycles. The van der Waals surface area contributed by atoms with E-state index < -0.39 is 17.8 Å². The van der Waals surface area contributed by atoms with Gasteiger partial charge >= 0.3 is 0 Å². The molecule has 6 aliphatic rings. The van der Waals surface area contributed by atoms with Crippen molar-refractivity contribution in [2.24, 2.45) is 10.9 Å². The predicted octanol–water partition coefficient (Wildman–Crippen LogP) is 5.67. The Labute approximate surface area is 266 Å². The van der Waals surface area contributed by atoms with E-state index in [1.165, 1.54) is 6.07 Å². The van der Waals surface area contributed by atoms with Gasteiger partial charge in [0.2, 0.25) is 5.88 Å². The van der Waals surface area contributed by atoms with Gasteiger partial charge in [0, 0.05) is 42.5 Å². The van der Waals surface area contributed by atoms with Gasteiger partial charge < -0.3 is 14.8 Å². The Hall–Kier alpha value is -3.65. The Kier molecular flexibility index (Phi) is 6.47. The van der Waals surface area contributed by atoms with Crippen LogP contribution in [0.2, 0.25) is 0 Å². The van der Waals surface area contributed by atoms with Crippen LogP contribution in [0.5, 0.6) is 5.88 Å². The number of alkyl halides is 1. The Morgan fingerprint density at radius 2 is 2.09 bits per heavy atom. The van der Waals surface area contributed by atoms with Crippen molar-refractivity contribution in [3.63, 3.8) is 0 Å². The van der Waals surface area contributed by atoms with Crippen LogP contribution in [0.15, 0.2) is 35.3 Å². The quantitative estimate of drug-likeness (QED) is 0.378. The van der Waals surface area contributed by atoms with E-state index in [-0.39, 0.29) is 46.5 Å². The molecular weight excluding hydrogens is 591 g/mol. The molecule has 2 unspecified atom stereocenters. The van der Waals surface area contributed by atoms with Gasteiger partial charge in [0.05, 0.1) is 34.7 Å². The van der Waals surface area contributed by atoms with Crippen molar-refractivity contribution in [2.75, 3.05) is 32.8 Å². The van der Waals surface area contributed by atoms with E-state index in [1.54, 1.807) is 18.2 Å². The van der Waals surface area contributed by atoms with Crippen molar-refractivity contribution >= 4 is 22.4 Å². The second-order valence-corrected chi connectivity index (χ2v) is 14.0. The standard InChI is InChI=1S/C36H36F3N5O2/c1-3-23-25(38)10-8-20-6-4-7-24(28(20)23)31-30(39)32-29-33(44-16-22-9-11-26(40-22)27(44)17-45-35(29)41-31)19(2)34(42-32)46-18-36-12-5-13-43(36)15-21(37)14-36/h1,4,6-8,10,19,21-22,26-27,33,40H,5,9,11-18H2,2H3/t19?,21-,22-,26+,27-,33?,36+/m1/s1. The van der Waals surface area contributed by atoms with E-state index >= 15 is 4.39 Å². The van der Waals surface area contributed by atoms with Crippen molar-refractivity contribution in [1.29, 1.82) is 0 Å². The fraction of sp³-hybridized carbons (Fsp3) is 0.500. The normalized spacial score (nSPS) is 33.1. The number of nitrogens with one attached hydrogen (secondary N) is 1. The molecule has 4 fully saturated rings. The Bertz CT molecular complexity index is 1840. The number of ether oxygens (including phenoxy) is 2. The molecule has 10 heteroatoms. The third-order valence-corrected chi connectivity index (χ3v) is 11.5. The molecule has 9 rings (SSSR count). The summed E-state index contributed by atoms with van der Waals surface area (Å²) in [4.78, 5) is 14.4. The zero-order valence-electron chi connectivity index (χ0n) is 25.7. The van der Waals surface area contributed by atoms with Gasteiger partial charge in [-0.25, -0.2) is 23.1 Å². The summed E-state index contributed by atoms with van der Waals surface area (Å²) in [6.45, 7) is 4.87. The molecule has 1 aromatic heterocycles. The summed E-state index contributed by atoms with van der Waals surface area (Å²) in [6.07, 6.45) is 9.33. The first-order valence-corrected chi connectivity index (χ1v) is 16.5. The summed E-state index contributed by atoms with van der Waals surface area (Å²) < 4.78 is 59.8. The lowest BCUT2D eigenvalue weighted by atomic mass is 9.86. The molecule has 1 N–H and O–H groups in total. The van der Waals surface area contributed by atoms with Gasteiger partial charge in [-0.3, -0.25) is 9.80 Å². The van der Waals surface area contributed by atoms with Crippen LogP contribution in [-0.4, -0.2) is 83.4 Å². The third kappa shape index (κ3) is 4.11. The predicted molar refractivity (Wildman–Crippen MR) is 169 cm³/mol. The van der Waals surface area contributed by atoms with Crippen LogP contribution in [-0.2, 0) is 4.74 Å². The summed E-state index contributed by atoms with van der Waals surface area (Å²) >= 11 is 0. The highest BCUT2D eigenvalue weighted by molar-refractivity contribution is 6.01. The molecule has 7 atom stereocenters. The van der Waals surface area contributed by atoms with Crippen LogP contribution >= 0.6 is 0 Å². The third-order valence-electron chi connectivity index (χ3n) is 11.5. The van der Waals surface area contributed by atoms with Gasteiger partial charge in [0.1, 0.15) is 36.6 Å². The summed E-state index contributed by atoms with van der Waals surface area (Å²) in [5.41, 5.74) is 0.835. The number of aliphatic imine (C=N–C) groups is 1. The smallest absolute Gasteiger partial charge is 0.221 e. The van der Waals surface area contributed by atoms with E-state index in [4.69, 9.17) is 25.9 Å². The zero-order chi connectivity index (χ0) is 31.3. The first-order valence-electron chi connectivity index (χ1n) is 16.5. The van der Waals surface area contributed by atoms with Crippen molar-refractivity contribution in [2.45, 2.75) is 74.9 Å². The SMILES string of the molecule is C#Cc1c(F)ccc2cccc(-c3nc4c5c(c3F)N=C(OC[C@@]36CCCN3C[C@H](F)C6)C(C)C5N3C[C@H]5CC[C@H](N5)[C@H]3CO4)c12. The average Bonchev–Trinajstić information content (AvgIpc) is 3.68. The minimum atomic E-state index is -0.876. The number of hydrogen-bond acceptors (Lipinski definition) is 7. The maximum absolute atomic E-state index is 17.1. The Balaban J connectivity index is 1.21. The van der Waals surface area contributed by atoms with Crippen LogP contribution in [0.25, 0.3) is 22.0 Å². The number of rotatable bonds is 3. The van der Waals surface area contributed by atoms with Crippen molar-refractivity contribution in [3.8, 4) is 29.5 Å². The van der Waals surface area contributed by atoms with Gasteiger partial charge in [-0.05, 0) is 43.7 Å². The summed E-state index contributed by atoms with van der Waals surface area (Å²) in [6, 6.07) is 8.66. The van der Waals surface area contributed by atoms with E-state index in [1.807, 2.05) is 6.07 Å². The van der Waals surface area contributed by atoms with Crippen LogP contribution in [0, 0.1) is 29.9 Å². The van der Waals surface area contributed by atoms with E-state index in [2.05, 4.69) is 28.0 Å². The van der Waals surface area contributed by atoms with Crippen molar-refractivity contribution < 1.29 is 22.6 Å². The number of nitrogens with zero attached hydrogens (tertiary/aromatic N) is 4. The fourth-order valence-corrected chi connectivity index (χ4v) is 9.38. The van der Waals surface area contributed by atoms with Gasteiger partial charge in [-0.1, -0.05) is 37.1 Å². The lowest BCUT2D eigenvalue weighted by Crippen LogP contribution is -2.61.